The van der Waals surface area contributed by atoms with Crippen LogP contribution >= 0.6 is 0 Å². The molecule has 1 saturated heterocycles. The van der Waals surface area contributed by atoms with E-state index in [1.54, 1.807) is 0 Å². The molecule has 0 spiro atoms. The zero-order valence-corrected chi connectivity index (χ0v) is 13.8. The Hall–Kier alpha value is -0.120. The summed E-state index contributed by atoms with van der Waals surface area (Å²) in [6.45, 7) is 5.96. The Kier molecular flexibility index (Phi) is 5.96. The first-order valence-electron chi connectivity index (χ1n) is 9.56. The molecule has 1 heterocycles. The van der Waals surface area contributed by atoms with Gasteiger partial charge in [-0.25, -0.2) is 0 Å². The molecule has 0 aromatic heterocycles. The van der Waals surface area contributed by atoms with Gasteiger partial charge in [0, 0.05) is 44.8 Å². The molecule has 0 aromatic carbocycles. The molecule has 21 heavy (non-hydrogen) atoms. The van der Waals surface area contributed by atoms with Crippen molar-refractivity contribution in [2.24, 2.45) is 11.7 Å². The van der Waals surface area contributed by atoms with Crippen molar-refractivity contribution < 1.29 is 0 Å². The van der Waals surface area contributed by atoms with E-state index in [1.807, 2.05) is 0 Å². The van der Waals surface area contributed by atoms with Crippen molar-refractivity contribution in [1.82, 2.24) is 9.80 Å². The molecule has 2 aliphatic carbocycles. The maximum atomic E-state index is 6.19. The fourth-order valence-corrected chi connectivity index (χ4v) is 5.04. The SMILES string of the molecule is NCC(C1CCCCCC1)N1CCN(C2CCCC2)CC1. The second kappa shape index (κ2) is 7.94. The summed E-state index contributed by atoms with van der Waals surface area (Å²) in [5.74, 6) is 0.871. The highest BCUT2D eigenvalue weighted by Gasteiger charge is 2.31. The number of piperazine rings is 1. The Labute approximate surface area is 131 Å². The second-order valence-electron chi connectivity index (χ2n) is 7.56. The van der Waals surface area contributed by atoms with E-state index >= 15 is 0 Å². The smallest absolute Gasteiger partial charge is 0.0247 e. The summed E-state index contributed by atoms with van der Waals surface area (Å²) in [6.07, 6.45) is 14.4. The Bertz CT molecular complexity index is 285. The van der Waals surface area contributed by atoms with E-state index in [4.69, 9.17) is 5.73 Å². The molecule has 1 aliphatic heterocycles. The lowest BCUT2D eigenvalue weighted by Crippen LogP contribution is -2.56. The highest BCUT2D eigenvalue weighted by molar-refractivity contribution is 4.88. The first-order chi connectivity index (χ1) is 10.4. The van der Waals surface area contributed by atoms with Crippen LogP contribution in [0.1, 0.15) is 64.2 Å². The zero-order valence-electron chi connectivity index (χ0n) is 13.8. The quantitative estimate of drug-likeness (QED) is 0.809. The van der Waals surface area contributed by atoms with Crippen LogP contribution in [0.4, 0.5) is 0 Å². The van der Waals surface area contributed by atoms with Crippen molar-refractivity contribution in [3.05, 3.63) is 0 Å². The van der Waals surface area contributed by atoms with Gasteiger partial charge in [-0.2, -0.15) is 0 Å². The molecule has 0 amide bonds. The van der Waals surface area contributed by atoms with Crippen LogP contribution < -0.4 is 5.73 Å². The van der Waals surface area contributed by atoms with Gasteiger partial charge in [-0.05, 0) is 31.6 Å². The maximum Gasteiger partial charge on any atom is 0.0247 e. The van der Waals surface area contributed by atoms with Crippen molar-refractivity contribution in [3.63, 3.8) is 0 Å². The molecule has 1 atom stereocenters. The van der Waals surface area contributed by atoms with Gasteiger partial charge in [0.1, 0.15) is 0 Å². The van der Waals surface area contributed by atoms with Crippen molar-refractivity contribution >= 4 is 0 Å². The van der Waals surface area contributed by atoms with E-state index in [0.717, 1.165) is 18.5 Å². The van der Waals surface area contributed by atoms with Crippen molar-refractivity contribution in [1.29, 1.82) is 0 Å². The minimum Gasteiger partial charge on any atom is -0.329 e. The number of nitrogens with two attached hydrogens (primary N) is 1. The van der Waals surface area contributed by atoms with Gasteiger partial charge in [0.15, 0.2) is 0 Å². The molecule has 3 heteroatoms. The van der Waals surface area contributed by atoms with Crippen molar-refractivity contribution in [2.45, 2.75) is 76.3 Å². The number of hydrogen-bond acceptors (Lipinski definition) is 3. The van der Waals surface area contributed by atoms with Gasteiger partial charge in [0.2, 0.25) is 0 Å². The summed E-state index contributed by atoms with van der Waals surface area (Å²) < 4.78 is 0. The van der Waals surface area contributed by atoms with Gasteiger partial charge in [-0.1, -0.05) is 38.5 Å². The summed E-state index contributed by atoms with van der Waals surface area (Å²) in [4.78, 5) is 5.51. The highest BCUT2D eigenvalue weighted by Crippen LogP contribution is 2.29. The van der Waals surface area contributed by atoms with Crippen LogP contribution in [0.5, 0.6) is 0 Å². The molecule has 2 N–H and O–H groups in total. The Morgan fingerprint density at radius 3 is 1.90 bits per heavy atom. The van der Waals surface area contributed by atoms with Gasteiger partial charge in [-0.3, -0.25) is 9.80 Å². The van der Waals surface area contributed by atoms with Crippen LogP contribution in [0, 0.1) is 5.92 Å². The Morgan fingerprint density at radius 1 is 0.762 bits per heavy atom. The highest BCUT2D eigenvalue weighted by atomic mass is 15.3. The van der Waals surface area contributed by atoms with Crippen LogP contribution in [0.3, 0.4) is 0 Å². The van der Waals surface area contributed by atoms with Gasteiger partial charge in [-0.15, -0.1) is 0 Å². The fraction of sp³-hybridized carbons (Fsp3) is 1.00. The minimum atomic E-state index is 0.661. The predicted molar refractivity (Wildman–Crippen MR) is 89.4 cm³/mol. The fourth-order valence-electron chi connectivity index (χ4n) is 5.04. The predicted octanol–water partition coefficient (Wildman–Crippen LogP) is 2.84. The van der Waals surface area contributed by atoms with E-state index in [-0.39, 0.29) is 0 Å². The van der Waals surface area contributed by atoms with E-state index in [0.29, 0.717) is 6.04 Å². The molecule has 3 fully saturated rings. The summed E-state index contributed by atoms with van der Waals surface area (Å²) in [6, 6.07) is 1.56. The average molecular weight is 293 g/mol. The number of nitrogens with zero attached hydrogens (tertiary/aromatic N) is 2. The largest absolute Gasteiger partial charge is 0.329 e. The molecule has 3 nitrogen and oxygen atoms in total. The lowest BCUT2D eigenvalue weighted by atomic mass is 9.90. The topological polar surface area (TPSA) is 32.5 Å². The third-order valence-electron chi connectivity index (χ3n) is 6.34. The summed E-state index contributed by atoms with van der Waals surface area (Å²) >= 11 is 0. The lowest BCUT2D eigenvalue weighted by molar-refractivity contribution is 0.0495. The van der Waals surface area contributed by atoms with Crippen LogP contribution in [0.15, 0.2) is 0 Å². The molecule has 1 unspecified atom stereocenters. The number of rotatable bonds is 4. The molecule has 0 radical (unpaired) electrons. The molecule has 3 rings (SSSR count). The van der Waals surface area contributed by atoms with Gasteiger partial charge >= 0.3 is 0 Å². The third kappa shape index (κ3) is 4.00. The maximum absolute atomic E-state index is 6.19. The normalized spacial score (nSPS) is 29.6. The minimum absolute atomic E-state index is 0.661. The third-order valence-corrected chi connectivity index (χ3v) is 6.34. The number of hydrogen-bond donors (Lipinski definition) is 1. The molecule has 0 aromatic rings. The standard InChI is InChI=1S/C18H35N3/c19-15-18(16-7-3-1-2-4-8-16)21-13-11-20(12-14-21)17-9-5-6-10-17/h16-18H,1-15,19H2. The molecule has 122 valence electrons. The molecular weight excluding hydrogens is 258 g/mol. The van der Waals surface area contributed by atoms with E-state index in [2.05, 4.69) is 9.80 Å². The van der Waals surface area contributed by atoms with E-state index < -0.39 is 0 Å². The Balaban J connectivity index is 1.51. The van der Waals surface area contributed by atoms with Crippen molar-refractivity contribution in [2.75, 3.05) is 32.7 Å². The monoisotopic (exact) mass is 293 g/mol. The van der Waals surface area contributed by atoms with Gasteiger partial charge in [0.05, 0.1) is 0 Å². The summed E-state index contributed by atoms with van der Waals surface area (Å²) in [5.41, 5.74) is 6.19. The second-order valence-corrected chi connectivity index (χ2v) is 7.56. The van der Waals surface area contributed by atoms with Crippen LogP contribution in [0.25, 0.3) is 0 Å². The van der Waals surface area contributed by atoms with Gasteiger partial charge < -0.3 is 5.73 Å². The van der Waals surface area contributed by atoms with Crippen LogP contribution in [-0.4, -0.2) is 54.6 Å². The molecule has 2 saturated carbocycles. The van der Waals surface area contributed by atoms with E-state index in [9.17, 15) is 0 Å². The lowest BCUT2D eigenvalue weighted by Gasteiger charge is -2.43. The Morgan fingerprint density at radius 2 is 1.33 bits per heavy atom. The summed E-state index contributed by atoms with van der Waals surface area (Å²) in [5, 5.41) is 0. The molecular formula is C18H35N3. The van der Waals surface area contributed by atoms with Gasteiger partial charge in [0.25, 0.3) is 0 Å². The zero-order chi connectivity index (χ0) is 14.5. The molecule has 0 bridgehead atoms. The average Bonchev–Trinajstić information content (AvgIpc) is 2.93. The summed E-state index contributed by atoms with van der Waals surface area (Å²) in [7, 11) is 0. The van der Waals surface area contributed by atoms with E-state index in [1.165, 1.54) is 90.4 Å². The first-order valence-corrected chi connectivity index (χ1v) is 9.56. The molecule has 3 aliphatic rings. The van der Waals surface area contributed by atoms with Crippen molar-refractivity contribution in [3.8, 4) is 0 Å². The van der Waals surface area contributed by atoms with Crippen LogP contribution in [-0.2, 0) is 0 Å². The van der Waals surface area contributed by atoms with Crippen LogP contribution in [0.2, 0.25) is 0 Å². The first kappa shape index (κ1) is 15.8.